The van der Waals surface area contributed by atoms with Gasteiger partial charge in [-0.15, -0.1) is 12.4 Å². The van der Waals surface area contributed by atoms with Gasteiger partial charge >= 0.3 is 0 Å². The van der Waals surface area contributed by atoms with Gasteiger partial charge in [-0.05, 0) is 13.1 Å². The SMILES string of the molecule is CNCC(C)C(=O)Nc1cccc([N+](=O)[O-])c1.Cl. The fourth-order valence-electron chi connectivity index (χ4n) is 1.36. The van der Waals surface area contributed by atoms with Gasteiger partial charge in [-0.1, -0.05) is 13.0 Å². The van der Waals surface area contributed by atoms with Crippen molar-refractivity contribution in [1.82, 2.24) is 5.32 Å². The Balaban J connectivity index is 0.00000289. The van der Waals surface area contributed by atoms with Gasteiger partial charge in [-0.25, -0.2) is 0 Å². The Morgan fingerprint density at radius 2 is 2.17 bits per heavy atom. The Kier molecular flexibility index (Phi) is 6.92. The number of non-ortho nitro benzene ring substituents is 1. The monoisotopic (exact) mass is 273 g/mol. The molecule has 2 N–H and O–H groups in total. The number of nitrogens with one attached hydrogen (secondary N) is 2. The van der Waals surface area contributed by atoms with Crippen LogP contribution in [0.3, 0.4) is 0 Å². The molecule has 0 fully saturated rings. The number of benzene rings is 1. The lowest BCUT2D eigenvalue weighted by atomic mass is 10.1. The molecule has 0 heterocycles. The van der Waals surface area contributed by atoms with Crippen LogP contribution in [0.4, 0.5) is 11.4 Å². The van der Waals surface area contributed by atoms with Crippen molar-refractivity contribution in [3.8, 4) is 0 Å². The molecule has 1 unspecified atom stereocenters. The first-order valence-corrected chi connectivity index (χ1v) is 5.24. The second-order valence-corrected chi connectivity index (χ2v) is 3.76. The van der Waals surface area contributed by atoms with E-state index in [4.69, 9.17) is 0 Å². The Morgan fingerprint density at radius 1 is 1.50 bits per heavy atom. The molecule has 0 bridgehead atoms. The zero-order valence-electron chi connectivity index (χ0n) is 10.2. The highest BCUT2D eigenvalue weighted by atomic mass is 35.5. The van der Waals surface area contributed by atoms with E-state index in [2.05, 4.69) is 10.6 Å². The van der Waals surface area contributed by atoms with E-state index < -0.39 is 4.92 Å². The van der Waals surface area contributed by atoms with Crippen LogP contribution in [0.25, 0.3) is 0 Å². The smallest absolute Gasteiger partial charge is 0.271 e. The summed E-state index contributed by atoms with van der Waals surface area (Å²) in [6.45, 7) is 2.34. The maximum absolute atomic E-state index is 11.7. The maximum atomic E-state index is 11.7. The fraction of sp³-hybridized carbons (Fsp3) is 0.364. The van der Waals surface area contributed by atoms with Crippen LogP contribution in [0, 0.1) is 16.0 Å². The van der Waals surface area contributed by atoms with Crippen LogP contribution in [0.1, 0.15) is 6.92 Å². The van der Waals surface area contributed by atoms with Gasteiger partial charge in [0.1, 0.15) is 0 Å². The zero-order chi connectivity index (χ0) is 12.8. The average molecular weight is 274 g/mol. The van der Waals surface area contributed by atoms with Crippen LogP contribution >= 0.6 is 12.4 Å². The number of anilines is 1. The second-order valence-electron chi connectivity index (χ2n) is 3.76. The molecule has 1 amide bonds. The first kappa shape index (κ1) is 16.3. The molecule has 1 atom stereocenters. The number of carbonyl (C=O) groups is 1. The summed E-state index contributed by atoms with van der Waals surface area (Å²) >= 11 is 0. The molecule has 1 rings (SSSR count). The number of hydrogen-bond acceptors (Lipinski definition) is 4. The minimum absolute atomic E-state index is 0. The first-order valence-electron chi connectivity index (χ1n) is 5.24. The largest absolute Gasteiger partial charge is 0.326 e. The highest BCUT2D eigenvalue weighted by Gasteiger charge is 2.13. The van der Waals surface area contributed by atoms with Crippen molar-refractivity contribution in [2.24, 2.45) is 5.92 Å². The molecule has 6 nitrogen and oxygen atoms in total. The molecular formula is C11H16ClN3O3. The van der Waals surface area contributed by atoms with E-state index >= 15 is 0 Å². The Labute approximate surface area is 111 Å². The third-order valence-corrected chi connectivity index (χ3v) is 2.28. The van der Waals surface area contributed by atoms with Crippen LogP contribution in [-0.4, -0.2) is 24.4 Å². The van der Waals surface area contributed by atoms with E-state index in [1.165, 1.54) is 18.2 Å². The highest BCUT2D eigenvalue weighted by molar-refractivity contribution is 5.92. The lowest BCUT2D eigenvalue weighted by molar-refractivity contribution is -0.384. The Bertz CT molecular complexity index is 426. The second kappa shape index (κ2) is 7.62. The molecule has 0 spiro atoms. The quantitative estimate of drug-likeness (QED) is 0.633. The molecule has 100 valence electrons. The Morgan fingerprint density at radius 3 is 2.72 bits per heavy atom. The molecule has 0 saturated carbocycles. The van der Waals surface area contributed by atoms with Crippen molar-refractivity contribution in [3.63, 3.8) is 0 Å². The summed E-state index contributed by atoms with van der Waals surface area (Å²) in [6, 6.07) is 5.88. The van der Waals surface area contributed by atoms with E-state index in [0.29, 0.717) is 12.2 Å². The molecule has 0 aliphatic heterocycles. The predicted octanol–water partition coefficient (Wildman–Crippen LogP) is 1.81. The minimum Gasteiger partial charge on any atom is -0.326 e. The van der Waals surface area contributed by atoms with Crippen LogP contribution in [0.2, 0.25) is 0 Å². The van der Waals surface area contributed by atoms with Gasteiger partial charge in [0.15, 0.2) is 0 Å². The van der Waals surface area contributed by atoms with Crippen molar-refractivity contribution in [3.05, 3.63) is 34.4 Å². The lowest BCUT2D eigenvalue weighted by Gasteiger charge is -2.11. The normalized spacial score (nSPS) is 11.2. The zero-order valence-corrected chi connectivity index (χ0v) is 11.0. The summed E-state index contributed by atoms with van der Waals surface area (Å²) in [4.78, 5) is 21.7. The third-order valence-electron chi connectivity index (χ3n) is 2.28. The molecule has 1 aromatic carbocycles. The van der Waals surface area contributed by atoms with Crippen LogP contribution < -0.4 is 10.6 Å². The molecule has 1 aromatic rings. The van der Waals surface area contributed by atoms with Crippen molar-refractivity contribution < 1.29 is 9.72 Å². The van der Waals surface area contributed by atoms with Crippen LogP contribution in [-0.2, 0) is 4.79 Å². The summed E-state index contributed by atoms with van der Waals surface area (Å²) in [5.41, 5.74) is 0.399. The minimum atomic E-state index is -0.493. The van der Waals surface area contributed by atoms with Crippen molar-refractivity contribution in [1.29, 1.82) is 0 Å². The highest BCUT2D eigenvalue weighted by Crippen LogP contribution is 2.17. The van der Waals surface area contributed by atoms with Gasteiger partial charge in [-0.3, -0.25) is 14.9 Å². The summed E-state index contributed by atoms with van der Waals surface area (Å²) in [6.07, 6.45) is 0. The maximum Gasteiger partial charge on any atom is 0.271 e. The lowest BCUT2D eigenvalue weighted by Crippen LogP contribution is -2.28. The molecule has 18 heavy (non-hydrogen) atoms. The van der Waals surface area contributed by atoms with Gasteiger partial charge in [0, 0.05) is 30.3 Å². The number of carbonyl (C=O) groups excluding carboxylic acids is 1. The summed E-state index contributed by atoms with van der Waals surface area (Å²) in [5.74, 6) is -0.362. The number of hydrogen-bond donors (Lipinski definition) is 2. The Hall–Kier alpha value is -1.66. The molecule has 7 heteroatoms. The third kappa shape index (κ3) is 4.68. The number of amides is 1. The molecule has 0 saturated heterocycles. The van der Waals surface area contributed by atoms with E-state index in [1.54, 1.807) is 20.0 Å². The summed E-state index contributed by atoms with van der Waals surface area (Å²) < 4.78 is 0. The number of rotatable bonds is 5. The first-order chi connectivity index (χ1) is 8.04. The molecule has 0 radical (unpaired) electrons. The topological polar surface area (TPSA) is 84.3 Å². The molecule has 0 aromatic heterocycles. The molecule has 0 aliphatic carbocycles. The van der Waals surface area contributed by atoms with Crippen molar-refractivity contribution in [2.45, 2.75) is 6.92 Å². The van der Waals surface area contributed by atoms with Crippen molar-refractivity contribution in [2.75, 3.05) is 18.9 Å². The van der Waals surface area contributed by atoms with E-state index in [0.717, 1.165) is 0 Å². The average Bonchev–Trinajstić information content (AvgIpc) is 2.29. The molecular weight excluding hydrogens is 258 g/mol. The molecule has 0 aliphatic rings. The predicted molar refractivity (Wildman–Crippen MR) is 72.1 cm³/mol. The standard InChI is InChI=1S/C11H15N3O3.ClH/c1-8(7-12-2)11(15)13-9-4-3-5-10(6-9)14(16)17;/h3-6,8,12H,7H2,1-2H3,(H,13,15);1H. The van der Waals surface area contributed by atoms with Gasteiger partial charge in [0.2, 0.25) is 5.91 Å². The van der Waals surface area contributed by atoms with E-state index in [9.17, 15) is 14.9 Å². The number of nitro groups is 1. The van der Waals surface area contributed by atoms with Crippen LogP contribution in [0.15, 0.2) is 24.3 Å². The van der Waals surface area contributed by atoms with Gasteiger partial charge in [0.25, 0.3) is 5.69 Å². The van der Waals surface area contributed by atoms with Crippen molar-refractivity contribution >= 4 is 29.7 Å². The fourth-order valence-corrected chi connectivity index (χ4v) is 1.36. The van der Waals surface area contributed by atoms with Gasteiger partial charge in [-0.2, -0.15) is 0 Å². The summed E-state index contributed by atoms with van der Waals surface area (Å²) in [7, 11) is 1.76. The number of nitrogens with zero attached hydrogens (tertiary/aromatic N) is 1. The van der Waals surface area contributed by atoms with E-state index in [-0.39, 0.29) is 29.9 Å². The van der Waals surface area contributed by atoms with Gasteiger partial charge in [0.05, 0.1) is 4.92 Å². The number of halogens is 1. The summed E-state index contributed by atoms with van der Waals surface area (Å²) in [5, 5.41) is 16.1. The van der Waals surface area contributed by atoms with Crippen LogP contribution in [0.5, 0.6) is 0 Å². The van der Waals surface area contributed by atoms with Gasteiger partial charge < -0.3 is 10.6 Å². The van der Waals surface area contributed by atoms with E-state index in [1.807, 2.05) is 0 Å². The number of nitro benzene ring substituents is 1.